The molecule has 1 aliphatic heterocycles. The maximum Gasteiger partial charge on any atom is 0.274 e. The Bertz CT molecular complexity index is 1070. The summed E-state index contributed by atoms with van der Waals surface area (Å²) in [6.45, 7) is 0. The van der Waals surface area contributed by atoms with Gasteiger partial charge in [-0.3, -0.25) is 19.6 Å². The molecule has 8 nitrogen and oxygen atoms in total. The lowest BCUT2D eigenvalue weighted by atomic mass is 10.0. The van der Waals surface area contributed by atoms with Crippen LogP contribution >= 0.6 is 0 Å². The first-order chi connectivity index (χ1) is 13.1. The van der Waals surface area contributed by atoms with Crippen molar-refractivity contribution in [3.63, 3.8) is 0 Å². The molecule has 1 atom stereocenters. The van der Waals surface area contributed by atoms with Crippen molar-refractivity contribution in [3.8, 4) is 0 Å². The molecule has 8 heteroatoms. The third kappa shape index (κ3) is 3.02. The Morgan fingerprint density at radius 3 is 2.78 bits per heavy atom. The van der Waals surface area contributed by atoms with Gasteiger partial charge in [-0.15, -0.1) is 0 Å². The van der Waals surface area contributed by atoms with Crippen LogP contribution in [0, 0.1) is 0 Å². The number of nitrogens with one attached hydrogen (secondary N) is 4. The van der Waals surface area contributed by atoms with Gasteiger partial charge in [0.2, 0.25) is 5.91 Å². The predicted octanol–water partition coefficient (Wildman–Crippen LogP) is 1.58. The molecule has 0 aliphatic carbocycles. The number of benzene rings is 2. The van der Waals surface area contributed by atoms with Crippen LogP contribution in [0.4, 0.5) is 5.69 Å². The Hall–Kier alpha value is -3.65. The van der Waals surface area contributed by atoms with E-state index in [-0.39, 0.29) is 22.7 Å². The Morgan fingerprint density at radius 2 is 1.96 bits per heavy atom. The molecule has 2 aromatic carbocycles. The minimum Gasteiger partial charge on any atom is -0.361 e. The van der Waals surface area contributed by atoms with Crippen molar-refractivity contribution in [2.75, 3.05) is 5.32 Å². The highest BCUT2D eigenvalue weighted by Crippen LogP contribution is 2.24. The van der Waals surface area contributed by atoms with Crippen LogP contribution in [0.5, 0.6) is 0 Å². The molecule has 136 valence electrons. The zero-order chi connectivity index (χ0) is 19.0. The van der Waals surface area contributed by atoms with Crippen LogP contribution in [-0.4, -0.2) is 34.0 Å². The highest BCUT2D eigenvalue weighted by atomic mass is 16.5. The van der Waals surface area contributed by atoms with E-state index in [2.05, 4.69) is 15.6 Å². The van der Waals surface area contributed by atoms with Gasteiger partial charge in [-0.2, -0.15) is 0 Å². The summed E-state index contributed by atoms with van der Waals surface area (Å²) in [5, 5.41) is 15.2. The summed E-state index contributed by atoms with van der Waals surface area (Å²) in [6.07, 6.45) is 2.14. The Labute approximate surface area is 153 Å². The third-order valence-corrected chi connectivity index (χ3v) is 4.61. The van der Waals surface area contributed by atoms with E-state index in [4.69, 9.17) is 5.21 Å². The topological polar surface area (TPSA) is 123 Å². The Kier molecular flexibility index (Phi) is 4.09. The molecule has 1 aromatic heterocycles. The van der Waals surface area contributed by atoms with Gasteiger partial charge in [0.1, 0.15) is 6.04 Å². The highest BCUT2D eigenvalue weighted by molar-refractivity contribution is 6.11. The average molecular weight is 364 g/mol. The van der Waals surface area contributed by atoms with Crippen LogP contribution in [-0.2, 0) is 11.2 Å². The molecule has 27 heavy (non-hydrogen) atoms. The van der Waals surface area contributed by atoms with Gasteiger partial charge in [0.25, 0.3) is 11.8 Å². The lowest BCUT2D eigenvalue weighted by Crippen LogP contribution is -2.42. The van der Waals surface area contributed by atoms with Gasteiger partial charge in [-0.1, -0.05) is 18.2 Å². The maximum absolute atomic E-state index is 12.6. The minimum atomic E-state index is -0.765. The van der Waals surface area contributed by atoms with Crippen molar-refractivity contribution in [2.45, 2.75) is 12.5 Å². The molecule has 0 saturated heterocycles. The molecule has 0 bridgehead atoms. The number of hydrogen-bond acceptors (Lipinski definition) is 4. The summed E-state index contributed by atoms with van der Waals surface area (Å²) < 4.78 is 0. The molecule has 0 unspecified atom stereocenters. The number of H-pyrrole nitrogens is 1. The predicted molar refractivity (Wildman–Crippen MR) is 97.6 cm³/mol. The van der Waals surface area contributed by atoms with E-state index in [1.807, 2.05) is 30.5 Å². The van der Waals surface area contributed by atoms with Crippen LogP contribution in [0.2, 0.25) is 0 Å². The lowest BCUT2D eigenvalue weighted by molar-refractivity contribution is -0.117. The van der Waals surface area contributed by atoms with E-state index in [0.717, 1.165) is 16.5 Å². The first-order valence-electron chi connectivity index (χ1n) is 8.32. The molecule has 0 fully saturated rings. The number of carbonyl (C=O) groups is 3. The first-order valence-corrected chi connectivity index (χ1v) is 8.32. The zero-order valence-corrected chi connectivity index (χ0v) is 14.1. The molecular weight excluding hydrogens is 348 g/mol. The molecule has 0 saturated carbocycles. The number of anilines is 1. The molecular formula is C19H16N4O4. The van der Waals surface area contributed by atoms with Gasteiger partial charge in [0.05, 0.1) is 11.3 Å². The smallest absolute Gasteiger partial charge is 0.274 e. The molecule has 5 N–H and O–H groups in total. The number of fused-ring (bicyclic) bond motifs is 2. The van der Waals surface area contributed by atoms with Gasteiger partial charge in [0, 0.05) is 29.1 Å². The summed E-state index contributed by atoms with van der Waals surface area (Å²) in [5.74, 6) is -1.52. The Balaban J connectivity index is 1.63. The van der Waals surface area contributed by atoms with Crippen molar-refractivity contribution in [3.05, 3.63) is 65.4 Å². The van der Waals surface area contributed by atoms with Crippen LogP contribution in [0.15, 0.2) is 48.7 Å². The van der Waals surface area contributed by atoms with Crippen molar-refractivity contribution in [2.24, 2.45) is 0 Å². The minimum absolute atomic E-state index is 0.124. The molecule has 1 aliphatic rings. The monoisotopic (exact) mass is 364 g/mol. The summed E-state index contributed by atoms with van der Waals surface area (Å²) >= 11 is 0. The van der Waals surface area contributed by atoms with Crippen molar-refractivity contribution in [1.29, 1.82) is 0 Å². The van der Waals surface area contributed by atoms with E-state index in [0.29, 0.717) is 6.42 Å². The van der Waals surface area contributed by atoms with Gasteiger partial charge < -0.3 is 15.6 Å². The van der Waals surface area contributed by atoms with Crippen molar-refractivity contribution >= 4 is 34.3 Å². The van der Waals surface area contributed by atoms with Gasteiger partial charge in [-0.05, 0) is 29.8 Å². The summed E-state index contributed by atoms with van der Waals surface area (Å²) in [6, 6.07) is 11.1. The summed E-state index contributed by atoms with van der Waals surface area (Å²) in [4.78, 5) is 39.9. The molecule has 3 aromatic rings. The fourth-order valence-corrected chi connectivity index (χ4v) is 3.24. The number of rotatable bonds is 3. The van der Waals surface area contributed by atoms with Crippen LogP contribution in [0.1, 0.15) is 26.3 Å². The molecule has 2 heterocycles. The Morgan fingerprint density at radius 1 is 1.15 bits per heavy atom. The second kappa shape index (κ2) is 6.58. The second-order valence-corrected chi connectivity index (χ2v) is 6.28. The van der Waals surface area contributed by atoms with Crippen LogP contribution < -0.4 is 16.1 Å². The van der Waals surface area contributed by atoms with Gasteiger partial charge in [-0.25, -0.2) is 5.48 Å². The largest absolute Gasteiger partial charge is 0.361 e. The fraction of sp³-hybridized carbons (Fsp3) is 0.105. The highest BCUT2D eigenvalue weighted by Gasteiger charge is 2.29. The number of hydrogen-bond donors (Lipinski definition) is 5. The zero-order valence-electron chi connectivity index (χ0n) is 14.1. The number of para-hydroxylation sites is 1. The first kappa shape index (κ1) is 16.8. The van der Waals surface area contributed by atoms with E-state index >= 15 is 0 Å². The molecule has 0 radical (unpaired) electrons. The van der Waals surface area contributed by atoms with Crippen LogP contribution in [0.25, 0.3) is 10.9 Å². The number of aromatic amines is 1. The molecule has 4 rings (SSSR count). The molecule has 3 amide bonds. The van der Waals surface area contributed by atoms with E-state index < -0.39 is 17.9 Å². The third-order valence-electron chi connectivity index (χ3n) is 4.61. The quantitative estimate of drug-likeness (QED) is 0.358. The van der Waals surface area contributed by atoms with Gasteiger partial charge in [0.15, 0.2) is 0 Å². The standard InChI is InChI=1S/C19H16N4O4/c24-17(23-27)10-5-6-13-15(7-10)21-19(26)16(22-18(13)25)8-11-9-20-14-4-2-1-3-12(11)14/h1-7,9,16,20,27H,8H2,(H,21,26)(H,22,25)(H,23,24)/t16-/m1/s1. The van der Waals surface area contributed by atoms with Crippen molar-refractivity contribution in [1.82, 2.24) is 15.8 Å². The second-order valence-electron chi connectivity index (χ2n) is 6.28. The summed E-state index contributed by atoms with van der Waals surface area (Å²) in [5.41, 5.74) is 3.99. The maximum atomic E-state index is 12.6. The average Bonchev–Trinajstić information content (AvgIpc) is 3.04. The molecule has 0 spiro atoms. The van der Waals surface area contributed by atoms with Crippen LogP contribution in [0.3, 0.4) is 0 Å². The normalized spacial score (nSPS) is 16.3. The van der Waals surface area contributed by atoms with Gasteiger partial charge >= 0.3 is 0 Å². The van der Waals surface area contributed by atoms with E-state index in [9.17, 15) is 14.4 Å². The van der Waals surface area contributed by atoms with E-state index in [1.165, 1.54) is 23.7 Å². The lowest BCUT2D eigenvalue weighted by Gasteiger charge is -2.14. The number of carbonyl (C=O) groups excluding carboxylic acids is 3. The number of aromatic nitrogens is 1. The number of amides is 3. The fourth-order valence-electron chi connectivity index (χ4n) is 3.24. The van der Waals surface area contributed by atoms with Crippen molar-refractivity contribution < 1.29 is 19.6 Å². The number of hydroxylamine groups is 1. The summed E-state index contributed by atoms with van der Waals surface area (Å²) in [7, 11) is 0. The van der Waals surface area contributed by atoms with E-state index in [1.54, 1.807) is 0 Å². The SMILES string of the molecule is O=C(NO)c1ccc2c(c1)NC(=O)[C@@H](Cc1c[nH]c3ccccc13)NC2=O.